The molecule has 100 valence electrons. The van der Waals surface area contributed by atoms with Gasteiger partial charge in [0.15, 0.2) is 16.5 Å². The summed E-state index contributed by atoms with van der Waals surface area (Å²) in [5, 5.41) is 0. The molecule has 3 nitrogen and oxygen atoms in total. The van der Waals surface area contributed by atoms with Gasteiger partial charge in [-0.2, -0.15) is 4.39 Å². The molecule has 0 aliphatic carbocycles. The second kappa shape index (κ2) is 5.38. The first-order valence-corrected chi connectivity index (χ1v) is 13.1. The van der Waals surface area contributed by atoms with Gasteiger partial charge in [0.25, 0.3) is 0 Å². The highest BCUT2D eigenvalue weighted by atomic mass is 28.4. The van der Waals surface area contributed by atoms with Gasteiger partial charge >= 0.3 is 5.97 Å². The molecule has 0 saturated carbocycles. The van der Waals surface area contributed by atoms with Crippen LogP contribution < -0.4 is 0 Å². The van der Waals surface area contributed by atoms with Crippen LogP contribution in [0.25, 0.3) is 0 Å². The van der Waals surface area contributed by atoms with Crippen molar-refractivity contribution in [1.82, 2.24) is 4.39 Å². The van der Waals surface area contributed by atoms with Gasteiger partial charge in [0.1, 0.15) is 0 Å². The molecule has 5 heteroatoms. The lowest BCUT2D eigenvalue weighted by molar-refractivity contribution is -0.0107. The Bertz CT molecular complexity index is 393. The first kappa shape index (κ1) is 15.1. The van der Waals surface area contributed by atoms with Crippen molar-refractivity contribution >= 4 is 22.4 Å². The Hall–Kier alpha value is -0.916. The van der Waals surface area contributed by atoms with Gasteiger partial charge in [-0.3, -0.25) is 0 Å². The first-order valence-electron chi connectivity index (χ1n) is 6.20. The van der Waals surface area contributed by atoms with Gasteiger partial charge in [-0.15, -0.1) is 0 Å². The normalized spacial score (nSPS) is 12.6. The Morgan fingerprint density at radius 2 is 1.39 bits per heavy atom. The lowest BCUT2D eigenvalue weighted by Gasteiger charge is -2.40. The fourth-order valence-corrected chi connectivity index (χ4v) is 10.8. The minimum Gasteiger partial charge on any atom is -0.379 e. The highest BCUT2D eigenvalue weighted by molar-refractivity contribution is 6.89. The third-order valence-electron chi connectivity index (χ3n) is 2.40. The zero-order valence-corrected chi connectivity index (χ0v) is 14.2. The highest BCUT2D eigenvalue weighted by Crippen LogP contribution is 2.21. The van der Waals surface area contributed by atoms with E-state index in [0.29, 0.717) is 5.56 Å². The summed E-state index contributed by atoms with van der Waals surface area (Å²) in [5.41, 5.74) is 0.610. The Morgan fingerprint density at radius 1 is 0.944 bits per heavy atom. The summed E-state index contributed by atoms with van der Waals surface area (Å²) in [7, 11) is -3.33. The van der Waals surface area contributed by atoms with Crippen LogP contribution in [0.15, 0.2) is 30.3 Å². The van der Waals surface area contributed by atoms with E-state index in [-0.39, 0.29) is 5.97 Å². The second-order valence-electron chi connectivity index (χ2n) is 6.38. The summed E-state index contributed by atoms with van der Waals surface area (Å²) in [5.74, 6) is -0.250. The second-order valence-corrected chi connectivity index (χ2v) is 16.3. The molecule has 0 heterocycles. The number of nitrogens with zero attached hydrogens (tertiary/aromatic N) is 1. The number of rotatable bonds is 4. The largest absolute Gasteiger partial charge is 0.379 e. The summed E-state index contributed by atoms with van der Waals surface area (Å²) in [4.78, 5) is 17.8. The maximum Gasteiger partial charge on any atom is 0.355 e. The van der Waals surface area contributed by atoms with Crippen molar-refractivity contribution in [2.24, 2.45) is 0 Å². The number of hydrogen-bond acceptors (Lipinski definition) is 3. The minimum absolute atomic E-state index is 0.250. The number of benzene rings is 1. The van der Waals surface area contributed by atoms with E-state index in [4.69, 9.17) is 4.84 Å². The molecule has 0 spiro atoms. The lowest BCUT2D eigenvalue weighted by Crippen LogP contribution is -2.59. The molecule has 0 bridgehead atoms. The molecule has 0 N–H and O–H groups in total. The Kier molecular flexibility index (Phi) is 4.52. The minimum atomic E-state index is -1.67. The van der Waals surface area contributed by atoms with Gasteiger partial charge in [-0.25, -0.2) is 4.79 Å². The summed E-state index contributed by atoms with van der Waals surface area (Å²) in [6.45, 7) is 13.2. The molecule has 0 aromatic heterocycles. The third kappa shape index (κ3) is 4.08. The maximum absolute atomic E-state index is 12.1. The molecule has 0 saturated heterocycles. The Morgan fingerprint density at radius 3 is 1.78 bits per heavy atom. The van der Waals surface area contributed by atoms with Gasteiger partial charge in [-0.1, -0.05) is 57.5 Å². The first-order chi connectivity index (χ1) is 8.12. The van der Waals surface area contributed by atoms with Crippen molar-refractivity contribution in [3.8, 4) is 0 Å². The van der Waals surface area contributed by atoms with Crippen LogP contribution in [0.1, 0.15) is 10.4 Å². The zero-order chi connectivity index (χ0) is 14.0. The molecule has 0 unspecified atom stereocenters. The van der Waals surface area contributed by atoms with Crippen molar-refractivity contribution < 1.29 is 9.63 Å². The van der Waals surface area contributed by atoms with E-state index < -0.39 is 16.5 Å². The van der Waals surface area contributed by atoms with E-state index in [2.05, 4.69) is 39.3 Å². The monoisotopic (exact) mass is 281 g/mol. The van der Waals surface area contributed by atoms with E-state index in [1.165, 1.54) is 0 Å². The molecule has 18 heavy (non-hydrogen) atoms. The fraction of sp³-hybridized carbons (Fsp3) is 0.462. The topological polar surface area (TPSA) is 29.5 Å². The fourth-order valence-electron chi connectivity index (χ4n) is 1.99. The molecular formula is C13H23NO2Si2. The van der Waals surface area contributed by atoms with E-state index in [1.807, 2.05) is 22.6 Å². The smallest absolute Gasteiger partial charge is 0.355 e. The molecular weight excluding hydrogens is 258 g/mol. The molecule has 1 rings (SSSR count). The average Bonchev–Trinajstić information content (AvgIpc) is 2.23. The summed E-state index contributed by atoms with van der Waals surface area (Å²) >= 11 is 0. The average molecular weight is 282 g/mol. The van der Waals surface area contributed by atoms with Gasteiger partial charge in [0.05, 0.1) is 5.56 Å². The molecule has 0 amide bonds. The predicted molar refractivity (Wildman–Crippen MR) is 80.4 cm³/mol. The van der Waals surface area contributed by atoms with Crippen molar-refractivity contribution in [3.63, 3.8) is 0 Å². The number of carbonyl (C=O) groups excluding carboxylic acids is 1. The SMILES string of the molecule is C[Si](C)(C)N(OC(=O)c1ccccc1)[Si](C)(C)C. The third-order valence-corrected chi connectivity index (χ3v) is 9.05. The van der Waals surface area contributed by atoms with Crippen LogP contribution >= 0.6 is 0 Å². The van der Waals surface area contributed by atoms with Crippen LogP contribution in [0.5, 0.6) is 0 Å². The van der Waals surface area contributed by atoms with E-state index in [9.17, 15) is 4.79 Å². The number of carbonyl (C=O) groups is 1. The van der Waals surface area contributed by atoms with E-state index >= 15 is 0 Å². The van der Waals surface area contributed by atoms with Crippen molar-refractivity contribution in [1.29, 1.82) is 0 Å². The summed E-state index contributed by atoms with van der Waals surface area (Å²) in [6, 6.07) is 9.17. The standard InChI is InChI=1S/C13H23NO2Si2/c1-17(2,3)14(18(4,5)6)16-13(15)12-10-8-7-9-11-12/h7-11H,1-6H3. The molecule has 1 aromatic carbocycles. The molecule has 0 aliphatic heterocycles. The zero-order valence-electron chi connectivity index (χ0n) is 12.2. The van der Waals surface area contributed by atoms with E-state index in [0.717, 1.165) is 0 Å². The lowest BCUT2D eigenvalue weighted by atomic mass is 10.2. The van der Waals surface area contributed by atoms with Crippen LogP contribution in [-0.2, 0) is 4.84 Å². The number of hydrogen-bond donors (Lipinski definition) is 0. The van der Waals surface area contributed by atoms with E-state index in [1.54, 1.807) is 12.1 Å². The van der Waals surface area contributed by atoms with Gasteiger partial charge in [0, 0.05) is 0 Å². The van der Waals surface area contributed by atoms with Gasteiger partial charge in [0.2, 0.25) is 0 Å². The molecule has 0 aliphatic rings. The van der Waals surface area contributed by atoms with Gasteiger partial charge in [-0.05, 0) is 12.1 Å². The summed E-state index contributed by atoms with van der Waals surface area (Å²) in [6.07, 6.45) is 0. The Labute approximate surface area is 112 Å². The Balaban J connectivity index is 2.90. The summed E-state index contributed by atoms with van der Waals surface area (Å²) < 4.78 is 2.02. The van der Waals surface area contributed by atoms with Crippen LogP contribution in [-0.4, -0.2) is 26.8 Å². The molecule has 0 radical (unpaired) electrons. The van der Waals surface area contributed by atoms with Crippen molar-refractivity contribution in [2.75, 3.05) is 0 Å². The molecule has 0 fully saturated rings. The quantitative estimate of drug-likeness (QED) is 0.622. The van der Waals surface area contributed by atoms with Crippen LogP contribution in [0.4, 0.5) is 0 Å². The molecule has 1 aromatic rings. The maximum atomic E-state index is 12.1. The predicted octanol–water partition coefficient (Wildman–Crippen LogP) is 3.73. The molecule has 0 atom stereocenters. The van der Waals surface area contributed by atoms with Crippen molar-refractivity contribution in [3.05, 3.63) is 35.9 Å². The van der Waals surface area contributed by atoms with Crippen LogP contribution in [0.2, 0.25) is 39.3 Å². The highest BCUT2D eigenvalue weighted by Gasteiger charge is 2.38. The van der Waals surface area contributed by atoms with Gasteiger partial charge < -0.3 is 4.84 Å². The van der Waals surface area contributed by atoms with Crippen LogP contribution in [0.3, 0.4) is 0 Å². The van der Waals surface area contributed by atoms with Crippen molar-refractivity contribution in [2.45, 2.75) is 39.3 Å². The van der Waals surface area contributed by atoms with Crippen LogP contribution in [0, 0.1) is 0 Å².